The van der Waals surface area contributed by atoms with E-state index in [9.17, 15) is 19.8 Å². The second kappa shape index (κ2) is 11.2. The molecule has 4 aromatic rings. The molecule has 0 atom stereocenters. The maximum Gasteiger partial charge on any atom is 0.329 e. The van der Waals surface area contributed by atoms with Crippen molar-refractivity contribution < 1.29 is 24.5 Å². The maximum absolute atomic E-state index is 13.7. The number of aliphatic hydroxyl groups excluding tert-OH is 1. The van der Waals surface area contributed by atoms with Gasteiger partial charge >= 0.3 is 5.97 Å². The van der Waals surface area contributed by atoms with Crippen LogP contribution in [0, 0.1) is 0 Å². The van der Waals surface area contributed by atoms with Gasteiger partial charge in [-0.1, -0.05) is 72.8 Å². The fourth-order valence-corrected chi connectivity index (χ4v) is 5.36. The van der Waals surface area contributed by atoms with E-state index in [1.807, 2.05) is 30.3 Å². The number of aliphatic carboxylic acids is 1. The van der Waals surface area contributed by atoms with Crippen molar-refractivity contribution in [3.05, 3.63) is 70.3 Å². The number of rotatable bonds is 8. The molecule has 1 fully saturated rings. The van der Waals surface area contributed by atoms with Crippen LogP contribution in [-0.2, 0) is 4.79 Å². The molecule has 1 aliphatic carbocycles. The minimum Gasteiger partial charge on any atom is -0.480 e. The fraction of sp³-hybridized carbons (Fsp3) is 0.286. The number of amides is 1. The van der Waals surface area contributed by atoms with E-state index in [1.54, 1.807) is 24.4 Å². The number of carboxylic acids is 1. The molecule has 11 heteroatoms. The van der Waals surface area contributed by atoms with Crippen LogP contribution in [-0.4, -0.2) is 55.4 Å². The van der Waals surface area contributed by atoms with Crippen LogP contribution < -0.4 is 10.1 Å². The Hall–Kier alpha value is -3.66. The number of aromatic nitrogens is 3. The highest BCUT2D eigenvalue weighted by Gasteiger charge is 2.42. The molecule has 1 aliphatic rings. The number of nitrogens with one attached hydrogen (secondary N) is 1. The monoisotopic (exact) mass is 568 g/mol. The van der Waals surface area contributed by atoms with Crippen molar-refractivity contribution in [2.45, 2.75) is 37.6 Å². The number of carbonyl (C=O) groups is 2. The van der Waals surface area contributed by atoms with Gasteiger partial charge in [0.15, 0.2) is 5.65 Å². The van der Waals surface area contributed by atoms with E-state index in [0.717, 1.165) is 12.0 Å². The molecule has 1 amide bonds. The number of nitrogens with zero attached hydrogens (tertiary/aromatic N) is 3. The molecule has 2 aromatic carbocycles. The van der Waals surface area contributed by atoms with Crippen molar-refractivity contribution >= 4 is 40.7 Å². The summed E-state index contributed by atoms with van der Waals surface area (Å²) in [5, 5.41) is 27.8. The number of halogens is 2. The van der Waals surface area contributed by atoms with Gasteiger partial charge in [0.1, 0.15) is 17.7 Å². The summed E-state index contributed by atoms with van der Waals surface area (Å²) in [5.41, 5.74) is 1.39. The molecule has 0 bridgehead atoms. The molecule has 39 heavy (non-hydrogen) atoms. The number of carboxylic acid groups (broad SMARTS) is 1. The molecule has 0 radical (unpaired) electrons. The van der Waals surface area contributed by atoms with Gasteiger partial charge in [-0.05, 0) is 31.0 Å². The summed E-state index contributed by atoms with van der Waals surface area (Å²) >= 11 is 12.7. The zero-order chi connectivity index (χ0) is 27.6. The number of fused-ring (bicyclic) bond motifs is 1. The highest BCUT2D eigenvalue weighted by molar-refractivity contribution is 6.33. The van der Waals surface area contributed by atoms with Crippen LogP contribution >= 0.6 is 23.2 Å². The first-order chi connectivity index (χ1) is 18.8. The zero-order valence-electron chi connectivity index (χ0n) is 20.9. The first-order valence-electron chi connectivity index (χ1n) is 12.6. The molecule has 2 heterocycles. The Bertz CT molecular complexity index is 1530. The number of hydrogen-bond donors (Lipinski definition) is 3. The smallest absolute Gasteiger partial charge is 0.329 e. The average Bonchev–Trinajstić information content (AvgIpc) is 3.31. The first-order valence-corrected chi connectivity index (χ1v) is 13.3. The summed E-state index contributed by atoms with van der Waals surface area (Å²) in [5.74, 6) is -1.82. The van der Waals surface area contributed by atoms with Crippen molar-refractivity contribution in [3.8, 4) is 28.3 Å². The molecule has 0 unspecified atom stereocenters. The Morgan fingerprint density at radius 1 is 1.03 bits per heavy atom. The van der Waals surface area contributed by atoms with Crippen molar-refractivity contribution in [2.24, 2.45) is 0 Å². The van der Waals surface area contributed by atoms with Crippen LogP contribution in [0.2, 0.25) is 10.0 Å². The van der Waals surface area contributed by atoms with Crippen LogP contribution in [0.3, 0.4) is 0 Å². The summed E-state index contributed by atoms with van der Waals surface area (Å²) in [6, 6.07) is 14.4. The number of ether oxygens (including phenoxy) is 1. The third-order valence-electron chi connectivity index (χ3n) is 6.92. The summed E-state index contributed by atoms with van der Waals surface area (Å²) in [6.45, 7) is -0.432. The SMILES string of the molecule is O=C(NC1(C(=O)O)CCCCC1)c1c(OCCO)nn2c(-c3ccc(Cl)cc3)c(-c3ccccc3Cl)cnc12. The topological polar surface area (TPSA) is 126 Å². The van der Waals surface area contributed by atoms with E-state index >= 15 is 0 Å². The lowest BCUT2D eigenvalue weighted by Gasteiger charge is -2.33. The Morgan fingerprint density at radius 3 is 2.41 bits per heavy atom. The van der Waals surface area contributed by atoms with Crippen LogP contribution in [0.1, 0.15) is 42.5 Å². The lowest BCUT2D eigenvalue weighted by atomic mass is 9.81. The Labute approximate surface area is 234 Å². The molecular formula is C28H26Cl2N4O5. The van der Waals surface area contributed by atoms with E-state index in [1.165, 1.54) is 4.52 Å². The standard InChI is InChI=1S/C28H26Cl2N4O5/c29-18-10-8-17(9-11-18)23-20(19-6-2-3-7-21(19)30)16-31-24-22(26(33-34(23)24)39-15-14-35)25(36)32-28(27(37)38)12-4-1-5-13-28/h2-3,6-11,16,35H,1,4-5,12-15H2,(H,32,36)(H,37,38). The molecule has 0 aliphatic heterocycles. The van der Waals surface area contributed by atoms with Gasteiger partial charge in [0.25, 0.3) is 5.91 Å². The molecule has 5 rings (SSSR count). The highest BCUT2D eigenvalue weighted by Crippen LogP contribution is 2.38. The van der Waals surface area contributed by atoms with Crippen LogP contribution in [0.25, 0.3) is 28.0 Å². The van der Waals surface area contributed by atoms with Gasteiger partial charge in [0.2, 0.25) is 5.88 Å². The second-order valence-corrected chi connectivity index (χ2v) is 10.2. The Balaban J connectivity index is 1.73. The van der Waals surface area contributed by atoms with Gasteiger partial charge in [-0.15, -0.1) is 5.10 Å². The van der Waals surface area contributed by atoms with Crippen LogP contribution in [0.5, 0.6) is 5.88 Å². The van der Waals surface area contributed by atoms with E-state index in [0.29, 0.717) is 52.5 Å². The normalized spacial score (nSPS) is 14.7. The fourth-order valence-electron chi connectivity index (χ4n) is 5.00. The molecule has 3 N–H and O–H groups in total. The summed E-state index contributed by atoms with van der Waals surface area (Å²) < 4.78 is 7.16. The molecule has 0 spiro atoms. The lowest BCUT2D eigenvalue weighted by Crippen LogP contribution is -2.55. The van der Waals surface area contributed by atoms with Crippen molar-refractivity contribution in [3.63, 3.8) is 0 Å². The van der Waals surface area contributed by atoms with Gasteiger partial charge in [-0.2, -0.15) is 0 Å². The predicted molar refractivity (Wildman–Crippen MR) is 147 cm³/mol. The maximum atomic E-state index is 13.7. The second-order valence-electron chi connectivity index (χ2n) is 9.40. The third-order valence-corrected chi connectivity index (χ3v) is 7.50. The summed E-state index contributed by atoms with van der Waals surface area (Å²) in [4.78, 5) is 30.6. The van der Waals surface area contributed by atoms with Crippen molar-refractivity contribution in [1.82, 2.24) is 19.9 Å². The summed E-state index contributed by atoms with van der Waals surface area (Å²) in [7, 11) is 0. The first kappa shape index (κ1) is 26.9. The molecule has 202 valence electrons. The highest BCUT2D eigenvalue weighted by atomic mass is 35.5. The number of hydrogen-bond acceptors (Lipinski definition) is 6. The van der Waals surface area contributed by atoms with Gasteiger partial charge < -0.3 is 20.3 Å². The largest absolute Gasteiger partial charge is 0.480 e. The lowest BCUT2D eigenvalue weighted by molar-refractivity contribution is -0.145. The van der Waals surface area contributed by atoms with E-state index in [2.05, 4.69) is 15.4 Å². The van der Waals surface area contributed by atoms with Gasteiger partial charge in [-0.25, -0.2) is 14.3 Å². The van der Waals surface area contributed by atoms with Crippen LogP contribution in [0.15, 0.2) is 54.7 Å². The molecule has 2 aromatic heterocycles. The minimum atomic E-state index is -1.39. The molecule has 0 saturated heterocycles. The van der Waals surface area contributed by atoms with Gasteiger partial charge in [0.05, 0.1) is 12.3 Å². The molecular weight excluding hydrogens is 543 g/mol. The Kier molecular flexibility index (Phi) is 7.74. The number of carbonyl (C=O) groups excluding carboxylic acids is 1. The van der Waals surface area contributed by atoms with E-state index < -0.39 is 17.4 Å². The van der Waals surface area contributed by atoms with Crippen molar-refractivity contribution in [1.29, 1.82) is 0 Å². The van der Waals surface area contributed by atoms with Gasteiger partial charge in [0, 0.05) is 32.9 Å². The Morgan fingerprint density at radius 2 is 1.74 bits per heavy atom. The van der Waals surface area contributed by atoms with E-state index in [-0.39, 0.29) is 30.3 Å². The number of benzene rings is 2. The zero-order valence-corrected chi connectivity index (χ0v) is 22.4. The molecule has 1 saturated carbocycles. The number of aliphatic hydroxyl groups is 1. The van der Waals surface area contributed by atoms with Crippen molar-refractivity contribution in [2.75, 3.05) is 13.2 Å². The summed E-state index contributed by atoms with van der Waals surface area (Å²) in [6.07, 6.45) is 4.52. The van der Waals surface area contributed by atoms with Crippen LogP contribution in [0.4, 0.5) is 0 Å². The van der Waals surface area contributed by atoms with Gasteiger partial charge in [-0.3, -0.25) is 4.79 Å². The quantitative estimate of drug-likeness (QED) is 0.264. The minimum absolute atomic E-state index is 0.0180. The predicted octanol–water partition coefficient (Wildman–Crippen LogP) is 5.26. The molecule has 9 nitrogen and oxygen atoms in total. The van der Waals surface area contributed by atoms with E-state index in [4.69, 9.17) is 27.9 Å². The average molecular weight is 569 g/mol. The third kappa shape index (κ3) is 5.17.